The average Bonchev–Trinajstić information content (AvgIpc) is 3.56. The summed E-state index contributed by atoms with van der Waals surface area (Å²) in [4.78, 5) is 18.2. The maximum atomic E-state index is 13.1. The van der Waals surface area contributed by atoms with Crippen molar-refractivity contribution >= 4 is 10.9 Å². The summed E-state index contributed by atoms with van der Waals surface area (Å²) in [5.41, 5.74) is 2.08. The van der Waals surface area contributed by atoms with Crippen LogP contribution in [-0.4, -0.2) is 64.8 Å². The Labute approximate surface area is 212 Å². The molecule has 0 fully saturated rings. The fourth-order valence-electron chi connectivity index (χ4n) is 4.29. The maximum absolute atomic E-state index is 13.1. The highest BCUT2D eigenvalue weighted by Gasteiger charge is 2.19. The molecule has 0 amide bonds. The zero-order valence-corrected chi connectivity index (χ0v) is 20.9. The highest BCUT2D eigenvalue weighted by Crippen LogP contribution is 2.33. The minimum atomic E-state index is -0.186. The van der Waals surface area contributed by atoms with Gasteiger partial charge in [-0.05, 0) is 40.3 Å². The minimum absolute atomic E-state index is 0.186. The molecule has 3 heterocycles. The first-order valence-corrected chi connectivity index (χ1v) is 11.7. The molecule has 1 aliphatic heterocycles. The molecule has 12 heteroatoms. The van der Waals surface area contributed by atoms with Gasteiger partial charge in [0.25, 0.3) is 5.56 Å². The molecule has 0 spiro atoms. The molecule has 2 aromatic carbocycles. The molecule has 0 saturated heterocycles. The van der Waals surface area contributed by atoms with Crippen LogP contribution in [0.25, 0.3) is 10.9 Å². The van der Waals surface area contributed by atoms with Crippen molar-refractivity contribution in [3.05, 3.63) is 63.7 Å². The number of pyridine rings is 1. The molecule has 5 rings (SSSR count). The van der Waals surface area contributed by atoms with Crippen molar-refractivity contribution in [2.45, 2.75) is 26.2 Å². The lowest BCUT2D eigenvalue weighted by Crippen LogP contribution is -2.28. The number of fused-ring (bicyclic) bond motifs is 2. The molecular formula is C25H28N6O6. The van der Waals surface area contributed by atoms with Crippen molar-refractivity contribution in [1.82, 2.24) is 30.1 Å². The summed E-state index contributed by atoms with van der Waals surface area (Å²) in [6.45, 7) is 2.50. The Bertz CT molecular complexity index is 1450. The first-order valence-electron chi connectivity index (χ1n) is 11.7. The third-order valence-electron chi connectivity index (χ3n) is 6.14. The van der Waals surface area contributed by atoms with Gasteiger partial charge in [0, 0.05) is 37.2 Å². The maximum Gasteiger partial charge on any atom is 0.252 e. The predicted octanol–water partition coefficient (Wildman–Crippen LogP) is 2.11. The van der Waals surface area contributed by atoms with E-state index in [2.05, 4.69) is 25.4 Å². The van der Waals surface area contributed by atoms with Crippen LogP contribution >= 0.6 is 0 Å². The van der Waals surface area contributed by atoms with Crippen molar-refractivity contribution < 1.29 is 23.7 Å². The molecule has 1 N–H and O–H groups in total. The number of aromatic nitrogens is 5. The van der Waals surface area contributed by atoms with E-state index in [0.717, 1.165) is 10.9 Å². The monoisotopic (exact) mass is 508 g/mol. The van der Waals surface area contributed by atoms with Crippen LogP contribution in [0, 0.1) is 0 Å². The van der Waals surface area contributed by atoms with Crippen LogP contribution in [0.15, 0.2) is 41.2 Å². The number of methoxy groups -OCH3 is 3. The van der Waals surface area contributed by atoms with Gasteiger partial charge in [-0.25, -0.2) is 4.68 Å². The normalized spacial score (nSPS) is 12.4. The molecule has 37 heavy (non-hydrogen) atoms. The number of hydrogen-bond acceptors (Lipinski definition) is 10. The van der Waals surface area contributed by atoms with Crippen LogP contribution < -0.4 is 24.5 Å². The summed E-state index contributed by atoms with van der Waals surface area (Å²) in [5.74, 6) is 3.22. The number of rotatable bonds is 11. The average molecular weight is 509 g/mol. The second kappa shape index (κ2) is 10.8. The van der Waals surface area contributed by atoms with Crippen molar-refractivity contribution in [2.75, 3.05) is 34.7 Å². The number of H-pyrrole nitrogens is 1. The van der Waals surface area contributed by atoms with Crippen LogP contribution in [0.1, 0.15) is 17.0 Å². The van der Waals surface area contributed by atoms with E-state index in [9.17, 15) is 4.79 Å². The van der Waals surface area contributed by atoms with Gasteiger partial charge in [0.05, 0.1) is 39.4 Å². The third-order valence-corrected chi connectivity index (χ3v) is 6.14. The summed E-state index contributed by atoms with van der Waals surface area (Å²) < 4.78 is 28.7. The van der Waals surface area contributed by atoms with E-state index in [-0.39, 0.29) is 12.4 Å². The molecule has 4 aromatic rings. The molecule has 2 aromatic heterocycles. The molecular weight excluding hydrogens is 480 g/mol. The third kappa shape index (κ3) is 5.34. The SMILES string of the molecule is COCCn1nnnc1CN(Cc1ccc2c(c1)OCO2)Cc1cc2cc(OC)c(OC)cc2[nH]c1=O. The molecule has 12 nitrogen and oxygen atoms in total. The highest BCUT2D eigenvalue weighted by molar-refractivity contribution is 5.83. The van der Waals surface area contributed by atoms with Gasteiger partial charge in [-0.1, -0.05) is 6.07 Å². The lowest BCUT2D eigenvalue weighted by molar-refractivity contribution is 0.173. The molecule has 0 aliphatic carbocycles. The summed E-state index contributed by atoms with van der Waals surface area (Å²) >= 11 is 0. The molecule has 1 aliphatic rings. The first-order chi connectivity index (χ1) is 18.1. The summed E-state index contributed by atoms with van der Waals surface area (Å²) in [7, 11) is 4.77. The molecule has 194 valence electrons. The number of nitrogens with one attached hydrogen (secondary N) is 1. The largest absolute Gasteiger partial charge is 0.493 e. The van der Waals surface area contributed by atoms with Crippen molar-refractivity contribution in [1.29, 1.82) is 0 Å². The van der Waals surface area contributed by atoms with Crippen molar-refractivity contribution in [2.24, 2.45) is 0 Å². The second-order valence-corrected chi connectivity index (χ2v) is 8.56. The number of nitrogens with zero attached hydrogens (tertiary/aromatic N) is 5. The van der Waals surface area contributed by atoms with Crippen LogP contribution in [0.2, 0.25) is 0 Å². The Morgan fingerprint density at radius 1 is 1.00 bits per heavy atom. The van der Waals surface area contributed by atoms with Crippen LogP contribution in [0.4, 0.5) is 0 Å². The van der Waals surface area contributed by atoms with E-state index >= 15 is 0 Å². The number of tetrazole rings is 1. The number of ether oxygens (including phenoxy) is 5. The van der Waals surface area contributed by atoms with E-state index in [1.165, 1.54) is 0 Å². The van der Waals surface area contributed by atoms with Crippen LogP contribution in [-0.2, 0) is 30.9 Å². The van der Waals surface area contributed by atoms with E-state index < -0.39 is 0 Å². The van der Waals surface area contributed by atoms with Gasteiger partial charge in [-0.3, -0.25) is 9.69 Å². The molecule has 0 bridgehead atoms. The van der Waals surface area contributed by atoms with E-state index in [1.54, 1.807) is 32.1 Å². The lowest BCUT2D eigenvalue weighted by Gasteiger charge is -2.22. The minimum Gasteiger partial charge on any atom is -0.493 e. The van der Waals surface area contributed by atoms with Gasteiger partial charge < -0.3 is 28.7 Å². The smallest absolute Gasteiger partial charge is 0.252 e. The number of aromatic amines is 1. The molecule has 0 saturated carbocycles. The Kier molecular flexibility index (Phi) is 7.19. The van der Waals surface area contributed by atoms with Gasteiger partial charge >= 0.3 is 0 Å². The molecule has 0 unspecified atom stereocenters. The standard InChI is InChI=1S/C25H28N6O6/c1-33-7-6-31-24(27-28-29-31)14-30(12-16-4-5-20-23(8-16)37-15-36-20)13-18-9-17-10-21(34-2)22(35-3)11-19(17)26-25(18)32/h4-5,8-11H,6-7,12-15H2,1-3H3,(H,26,32). The number of benzene rings is 2. The lowest BCUT2D eigenvalue weighted by atomic mass is 10.1. The Balaban J connectivity index is 1.47. The van der Waals surface area contributed by atoms with Crippen molar-refractivity contribution in [3.8, 4) is 23.0 Å². The van der Waals surface area contributed by atoms with Crippen molar-refractivity contribution in [3.63, 3.8) is 0 Å². The summed E-state index contributed by atoms with van der Waals surface area (Å²) in [6.07, 6.45) is 0. The van der Waals surface area contributed by atoms with Gasteiger partial charge in [-0.15, -0.1) is 5.10 Å². The van der Waals surface area contributed by atoms with E-state index in [4.69, 9.17) is 23.7 Å². The van der Waals surface area contributed by atoms with Crippen LogP contribution in [0.5, 0.6) is 23.0 Å². The molecule has 0 atom stereocenters. The topological polar surface area (TPSA) is 126 Å². The first kappa shape index (κ1) is 24.5. The zero-order chi connectivity index (χ0) is 25.8. The Morgan fingerprint density at radius 2 is 1.81 bits per heavy atom. The second-order valence-electron chi connectivity index (χ2n) is 8.56. The zero-order valence-electron chi connectivity index (χ0n) is 20.9. The highest BCUT2D eigenvalue weighted by atomic mass is 16.7. The molecule has 0 radical (unpaired) electrons. The predicted molar refractivity (Wildman–Crippen MR) is 133 cm³/mol. The number of hydrogen-bond donors (Lipinski definition) is 1. The Hall–Kier alpha value is -4.16. The fraction of sp³-hybridized carbons (Fsp3) is 0.360. The van der Waals surface area contributed by atoms with Gasteiger partial charge in [0.2, 0.25) is 6.79 Å². The van der Waals surface area contributed by atoms with Gasteiger partial charge in [-0.2, -0.15) is 0 Å². The Morgan fingerprint density at radius 3 is 2.62 bits per heavy atom. The quantitative estimate of drug-likeness (QED) is 0.322. The fourth-order valence-corrected chi connectivity index (χ4v) is 4.29. The summed E-state index contributed by atoms with van der Waals surface area (Å²) in [5, 5.41) is 13.0. The van der Waals surface area contributed by atoms with Crippen LogP contribution in [0.3, 0.4) is 0 Å². The van der Waals surface area contributed by atoms with Gasteiger partial charge in [0.1, 0.15) is 0 Å². The van der Waals surface area contributed by atoms with Gasteiger partial charge in [0.15, 0.2) is 28.8 Å². The van der Waals surface area contributed by atoms with E-state index in [0.29, 0.717) is 72.7 Å². The van der Waals surface area contributed by atoms with E-state index in [1.807, 2.05) is 30.3 Å². The summed E-state index contributed by atoms with van der Waals surface area (Å²) in [6, 6.07) is 11.3.